The molecule has 0 aliphatic carbocycles. The van der Waals surface area contributed by atoms with Crippen LogP contribution in [-0.2, 0) is 0 Å². The third-order valence-corrected chi connectivity index (χ3v) is 2.94. The lowest BCUT2D eigenvalue weighted by Crippen LogP contribution is -2.31. The SMILES string of the molecule is CCN(CCO)CC(=O)c1cccs1. The second kappa shape index (κ2) is 5.90. The predicted molar refractivity (Wildman–Crippen MR) is 57.8 cm³/mol. The minimum atomic E-state index is 0.103. The molecule has 0 saturated carbocycles. The standard InChI is InChI=1S/C10H15NO2S/c1-2-11(5-6-12)8-9(13)10-4-3-7-14-10/h3-4,7,12H,2,5-6,8H2,1H3. The Kier molecular flexibility index (Phi) is 4.79. The van der Waals surface area contributed by atoms with Crippen LogP contribution >= 0.6 is 11.3 Å². The maximum Gasteiger partial charge on any atom is 0.186 e. The van der Waals surface area contributed by atoms with Crippen LogP contribution < -0.4 is 0 Å². The van der Waals surface area contributed by atoms with Gasteiger partial charge in [-0.25, -0.2) is 0 Å². The topological polar surface area (TPSA) is 40.5 Å². The molecule has 14 heavy (non-hydrogen) atoms. The van der Waals surface area contributed by atoms with Gasteiger partial charge in [-0.15, -0.1) is 11.3 Å². The molecule has 78 valence electrons. The van der Waals surface area contributed by atoms with Gasteiger partial charge in [0.1, 0.15) is 0 Å². The molecule has 0 fully saturated rings. The highest BCUT2D eigenvalue weighted by Crippen LogP contribution is 2.09. The molecule has 1 aromatic heterocycles. The minimum Gasteiger partial charge on any atom is -0.395 e. The molecule has 0 spiro atoms. The number of hydrogen-bond donors (Lipinski definition) is 1. The van der Waals surface area contributed by atoms with E-state index in [1.807, 2.05) is 29.3 Å². The highest BCUT2D eigenvalue weighted by molar-refractivity contribution is 7.12. The number of nitrogens with zero attached hydrogens (tertiary/aromatic N) is 1. The van der Waals surface area contributed by atoms with E-state index in [1.54, 1.807) is 0 Å². The Balaban J connectivity index is 2.47. The molecule has 1 N–H and O–H groups in total. The Labute approximate surface area is 88.0 Å². The summed E-state index contributed by atoms with van der Waals surface area (Å²) in [4.78, 5) is 14.4. The molecule has 4 heteroatoms. The zero-order valence-electron chi connectivity index (χ0n) is 8.27. The predicted octanol–water partition coefficient (Wildman–Crippen LogP) is 1.24. The summed E-state index contributed by atoms with van der Waals surface area (Å²) < 4.78 is 0. The number of ketones is 1. The van der Waals surface area contributed by atoms with Gasteiger partial charge in [0, 0.05) is 6.54 Å². The van der Waals surface area contributed by atoms with Gasteiger partial charge in [-0.05, 0) is 18.0 Å². The summed E-state index contributed by atoms with van der Waals surface area (Å²) in [5, 5.41) is 10.7. The van der Waals surface area contributed by atoms with E-state index in [9.17, 15) is 4.79 Å². The highest BCUT2D eigenvalue weighted by atomic mass is 32.1. The van der Waals surface area contributed by atoms with Crippen molar-refractivity contribution in [3.8, 4) is 0 Å². The van der Waals surface area contributed by atoms with Gasteiger partial charge >= 0.3 is 0 Å². The van der Waals surface area contributed by atoms with Crippen molar-refractivity contribution in [2.24, 2.45) is 0 Å². The molecular weight excluding hydrogens is 198 g/mol. The lowest BCUT2D eigenvalue weighted by atomic mass is 10.3. The molecule has 1 aromatic rings. The number of carbonyl (C=O) groups excluding carboxylic acids is 1. The normalized spacial score (nSPS) is 10.8. The average molecular weight is 213 g/mol. The van der Waals surface area contributed by atoms with Crippen molar-refractivity contribution >= 4 is 17.1 Å². The number of thiophene rings is 1. The summed E-state index contributed by atoms with van der Waals surface area (Å²) >= 11 is 1.46. The second-order valence-electron chi connectivity index (χ2n) is 2.99. The molecule has 0 bridgehead atoms. The van der Waals surface area contributed by atoms with E-state index in [4.69, 9.17) is 5.11 Å². The fraction of sp³-hybridized carbons (Fsp3) is 0.500. The first-order chi connectivity index (χ1) is 6.77. The summed E-state index contributed by atoms with van der Waals surface area (Å²) in [5.41, 5.74) is 0. The second-order valence-corrected chi connectivity index (χ2v) is 3.94. The van der Waals surface area contributed by atoms with Crippen molar-refractivity contribution in [2.75, 3.05) is 26.2 Å². The van der Waals surface area contributed by atoms with Gasteiger partial charge in [-0.2, -0.15) is 0 Å². The Morgan fingerprint density at radius 2 is 2.43 bits per heavy atom. The van der Waals surface area contributed by atoms with E-state index in [0.717, 1.165) is 11.4 Å². The van der Waals surface area contributed by atoms with Crippen LogP contribution in [0.1, 0.15) is 16.6 Å². The molecule has 0 aliphatic heterocycles. The van der Waals surface area contributed by atoms with Crippen LogP contribution in [0.4, 0.5) is 0 Å². The fourth-order valence-corrected chi connectivity index (χ4v) is 1.87. The highest BCUT2D eigenvalue weighted by Gasteiger charge is 2.10. The van der Waals surface area contributed by atoms with Crippen molar-refractivity contribution in [2.45, 2.75) is 6.92 Å². The summed E-state index contributed by atoms with van der Waals surface area (Å²) in [6, 6.07) is 3.71. The van der Waals surface area contributed by atoms with Crippen LogP contribution in [0.2, 0.25) is 0 Å². The van der Waals surface area contributed by atoms with Gasteiger partial charge in [0.05, 0.1) is 18.0 Å². The number of Topliss-reactive ketones (excluding diaryl/α,β-unsaturated/α-hetero) is 1. The molecule has 0 saturated heterocycles. The van der Waals surface area contributed by atoms with Crippen LogP contribution in [0.5, 0.6) is 0 Å². The zero-order chi connectivity index (χ0) is 10.4. The molecule has 0 aromatic carbocycles. The van der Waals surface area contributed by atoms with E-state index in [0.29, 0.717) is 13.1 Å². The summed E-state index contributed by atoms with van der Waals surface area (Å²) in [6.07, 6.45) is 0. The van der Waals surface area contributed by atoms with Crippen molar-refractivity contribution in [1.29, 1.82) is 0 Å². The summed E-state index contributed by atoms with van der Waals surface area (Å²) in [7, 11) is 0. The molecule has 0 amide bonds. The van der Waals surface area contributed by atoms with Gasteiger partial charge in [-0.3, -0.25) is 9.69 Å². The van der Waals surface area contributed by atoms with Gasteiger partial charge in [0.2, 0.25) is 0 Å². The van der Waals surface area contributed by atoms with E-state index < -0.39 is 0 Å². The molecule has 0 aliphatic rings. The first-order valence-electron chi connectivity index (χ1n) is 4.67. The van der Waals surface area contributed by atoms with Crippen LogP contribution in [0.15, 0.2) is 17.5 Å². The number of aliphatic hydroxyl groups excluding tert-OH is 1. The maximum absolute atomic E-state index is 11.6. The Bertz CT molecular complexity index is 272. The lowest BCUT2D eigenvalue weighted by Gasteiger charge is -2.17. The number of hydrogen-bond acceptors (Lipinski definition) is 4. The fourth-order valence-electron chi connectivity index (χ4n) is 1.21. The largest absolute Gasteiger partial charge is 0.395 e. The van der Waals surface area contributed by atoms with Gasteiger partial charge < -0.3 is 5.11 Å². The number of rotatable bonds is 6. The van der Waals surface area contributed by atoms with Crippen molar-refractivity contribution in [3.05, 3.63) is 22.4 Å². The first kappa shape index (κ1) is 11.4. The van der Waals surface area contributed by atoms with Crippen LogP contribution in [0.3, 0.4) is 0 Å². The van der Waals surface area contributed by atoms with Crippen molar-refractivity contribution in [1.82, 2.24) is 4.90 Å². The minimum absolute atomic E-state index is 0.103. The molecule has 1 heterocycles. The molecule has 0 radical (unpaired) electrons. The summed E-state index contributed by atoms with van der Waals surface area (Å²) in [6.45, 7) is 3.84. The lowest BCUT2D eigenvalue weighted by molar-refractivity contribution is 0.0923. The number of aliphatic hydroxyl groups is 1. The van der Waals surface area contributed by atoms with Crippen LogP contribution in [-0.4, -0.2) is 42.0 Å². The third kappa shape index (κ3) is 3.21. The molecular formula is C10H15NO2S. The maximum atomic E-state index is 11.6. The Hall–Kier alpha value is -0.710. The molecule has 3 nitrogen and oxygen atoms in total. The molecule has 1 rings (SSSR count). The smallest absolute Gasteiger partial charge is 0.186 e. The Morgan fingerprint density at radius 1 is 1.64 bits per heavy atom. The van der Waals surface area contributed by atoms with Crippen molar-refractivity contribution in [3.63, 3.8) is 0 Å². The average Bonchev–Trinajstić information content (AvgIpc) is 2.69. The number of carbonyl (C=O) groups is 1. The van der Waals surface area contributed by atoms with Crippen molar-refractivity contribution < 1.29 is 9.90 Å². The van der Waals surface area contributed by atoms with E-state index in [2.05, 4.69) is 0 Å². The molecule has 0 unspecified atom stereocenters. The molecule has 0 atom stereocenters. The van der Waals surface area contributed by atoms with E-state index >= 15 is 0 Å². The van der Waals surface area contributed by atoms with E-state index in [-0.39, 0.29) is 12.4 Å². The van der Waals surface area contributed by atoms with Gasteiger partial charge in [-0.1, -0.05) is 13.0 Å². The quantitative estimate of drug-likeness (QED) is 0.723. The number of likely N-dealkylation sites (N-methyl/N-ethyl adjacent to an activating group) is 1. The van der Waals surface area contributed by atoms with E-state index in [1.165, 1.54) is 11.3 Å². The third-order valence-electron chi connectivity index (χ3n) is 2.03. The van der Waals surface area contributed by atoms with Gasteiger partial charge in [0.25, 0.3) is 0 Å². The van der Waals surface area contributed by atoms with Gasteiger partial charge in [0.15, 0.2) is 5.78 Å². The first-order valence-corrected chi connectivity index (χ1v) is 5.55. The zero-order valence-corrected chi connectivity index (χ0v) is 9.09. The monoisotopic (exact) mass is 213 g/mol. The van der Waals surface area contributed by atoms with Crippen LogP contribution in [0, 0.1) is 0 Å². The van der Waals surface area contributed by atoms with Crippen LogP contribution in [0.25, 0.3) is 0 Å². The summed E-state index contributed by atoms with van der Waals surface area (Å²) in [5.74, 6) is 0.135. The Morgan fingerprint density at radius 3 is 2.93 bits per heavy atom.